The summed E-state index contributed by atoms with van der Waals surface area (Å²) in [6, 6.07) is 0. The van der Waals surface area contributed by atoms with Gasteiger partial charge in [-0.1, -0.05) is 85.8 Å². The summed E-state index contributed by atoms with van der Waals surface area (Å²) >= 11 is 0. The van der Waals surface area contributed by atoms with E-state index in [-0.39, 0.29) is 18.6 Å². The minimum absolute atomic E-state index is 0.262. The number of aliphatic hydroxyl groups is 5. The van der Waals surface area contributed by atoms with Gasteiger partial charge in [0.25, 0.3) is 0 Å². The smallest absolute Gasteiger partial charge is 0.307 e. The van der Waals surface area contributed by atoms with Crippen LogP contribution in [0, 0.1) is 5.41 Å². The molecule has 0 spiro atoms. The van der Waals surface area contributed by atoms with Gasteiger partial charge in [0.2, 0.25) is 0 Å². The van der Waals surface area contributed by atoms with Crippen LogP contribution in [0.25, 0.3) is 0 Å². The van der Waals surface area contributed by atoms with Gasteiger partial charge in [0.15, 0.2) is 11.9 Å². The maximum atomic E-state index is 13.1. The molecule has 0 radical (unpaired) electrons. The van der Waals surface area contributed by atoms with Crippen LogP contribution in [-0.4, -0.2) is 87.0 Å². The van der Waals surface area contributed by atoms with Gasteiger partial charge in [0.05, 0.1) is 19.4 Å². The third kappa shape index (κ3) is 13.1. The highest BCUT2D eigenvalue weighted by Gasteiger charge is 2.40. The number of allylic oxidation sites excluding steroid dienone is 13. The highest BCUT2D eigenvalue weighted by Crippen LogP contribution is 2.40. The summed E-state index contributed by atoms with van der Waals surface area (Å²) in [5.41, 5.74) is 2.95. The predicted molar refractivity (Wildman–Crippen MR) is 167 cm³/mol. The minimum atomic E-state index is -1.88. The van der Waals surface area contributed by atoms with Gasteiger partial charge in [0.1, 0.15) is 31.0 Å². The molecule has 1 aliphatic carbocycles. The quantitative estimate of drug-likeness (QED) is 0.128. The first-order chi connectivity index (χ1) is 20.6. The number of esters is 2. The van der Waals surface area contributed by atoms with Crippen molar-refractivity contribution in [3.05, 3.63) is 83.1 Å². The largest absolute Gasteiger partial charge is 0.463 e. The van der Waals surface area contributed by atoms with Crippen molar-refractivity contribution in [1.82, 2.24) is 0 Å². The molecule has 0 bridgehead atoms. The Balaban J connectivity index is 2.73. The maximum absolute atomic E-state index is 13.1. The van der Waals surface area contributed by atoms with Gasteiger partial charge in [0, 0.05) is 6.42 Å². The summed E-state index contributed by atoms with van der Waals surface area (Å²) in [6.45, 7) is 10.0. The molecule has 0 aromatic heterocycles. The fraction of sp³-hybridized carbons (Fsp3) is 0.500. The van der Waals surface area contributed by atoms with Crippen molar-refractivity contribution in [3.63, 3.8) is 0 Å². The average Bonchev–Trinajstić information content (AvgIpc) is 2.98. The van der Waals surface area contributed by atoms with Crippen molar-refractivity contribution in [2.24, 2.45) is 5.41 Å². The second kappa shape index (κ2) is 19.1. The van der Waals surface area contributed by atoms with Gasteiger partial charge < -0.3 is 35.0 Å². The summed E-state index contributed by atoms with van der Waals surface area (Å²) in [6.07, 6.45) is 11.0. The molecule has 5 unspecified atom stereocenters. The van der Waals surface area contributed by atoms with Crippen LogP contribution < -0.4 is 0 Å². The Labute approximate surface area is 260 Å². The van der Waals surface area contributed by atoms with Gasteiger partial charge in [-0.3, -0.25) is 14.4 Å². The molecule has 1 aliphatic rings. The summed E-state index contributed by atoms with van der Waals surface area (Å²) in [4.78, 5) is 37.5. The van der Waals surface area contributed by atoms with Crippen LogP contribution in [0.4, 0.5) is 0 Å². The molecular weight excluding hydrogens is 568 g/mol. The first-order valence-corrected chi connectivity index (χ1v) is 14.6. The van der Waals surface area contributed by atoms with E-state index in [0.29, 0.717) is 5.57 Å². The lowest BCUT2D eigenvalue weighted by molar-refractivity contribution is -0.161. The third-order valence-corrected chi connectivity index (χ3v) is 7.04. The monoisotopic (exact) mass is 616 g/mol. The third-order valence-electron chi connectivity index (χ3n) is 7.04. The molecule has 1 rings (SSSR count). The van der Waals surface area contributed by atoms with Crippen molar-refractivity contribution in [2.45, 2.75) is 91.3 Å². The van der Waals surface area contributed by atoms with Gasteiger partial charge in [-0.2, -0.15) is 0 Å². The molecule has 244 valence electrons. The van der Waals surface area contributed by atoms with E-state index in [9.17, 15) is 34.8 Å². The van der Waals surface area contributed by atoms with Crippen LogP contribution >= 0.6 is 0 Å². The number of hydrogen-bond donors (Lipinski definition) is 5. The number of carbonyl (C=O) groups excluding carboxylic acids is 3. The van der Waals surface area contributed by atoms with Gasteiger partial charge >= 0.3 is 11.9 Å². The molecule has 0 aliphatic heterocycles. The van der Waals surface area contributed by atoms with E-state index in [1.54, 1.807) is 6.92 Å². The molecule has 10 heteroatoms. The SMILES string of the molecule is C\C=C/C=C/C=C(C)/C=C/C=C(C)/C=C/C1=C(C)C(=O)C(OC(=O)CCC(=O)OCC(O)C(O)C(O)C(O)CO)CC1(C)C. The number of aliphatic hydroxyl groups excluding tert-OH is 5. The van der Waals surface area contributed by atoms with Crippen LogP contribution in [-0.2, 0) is 23.9 Å². The van der Waals surface area contributed by atoms with Gasteiger partial charge in [-0.15, -0.1) is 0 Å². The standard InChI is InChI=1S/C34H48O10/c1-7-8-9-10-12-22(2)13-11-14-23(3)15-16-25-24(4)31(40)28(19-34(25,5)6)44-30(39)18-17-29(38)43-21-27(37)33(42)32(41)26(36)20-35/h7-16,26-28,32-33,35-37,41-42H,17-21H2,1-6H3/b8-7-,10-9+,13-11+,16-15+,22-12+,23-14+. The molecule has 0 aromatic rings. The second-order valence-electron chi connectivity index (χ2n) is 11.4. The molecule has 0 aromatic carbocycles. The van der Waals surface area contributed by atoms with E-state index in [1.807, 2.05) is 95.4 Å². The van der Waals surface area contributed by atoms with E-state index >= 15 is 0 Å². The Hall–Kier alpha value is -3.41. The number of hydrogen-bond acceptors (Lipinski definition) is 10. The minimum Gasteiger partial charge on any atom is -0.463 e. The van der Waals surface area contributed by atoms with Crippen molar-refractivity contribution in [2.75, 3.05) is 13.2 Å². The number of carbonyl (C=O) groups is 3. The van der Waals surface area contributed by atoms with Crippen LogP contribution in [0.5, 0.6) is 0 Å². The highest BCUT2D eigenvalue weighted by molar-refractivity contribution is 6.01. The van der Waals surface area contributed by atoms with Crippen molar-refractivity contribution in [1.29, 1.82) is 0 Å². The molecule has 5 atom stereocenters. The zero-order valence-electron chi connectivity index (χ0n) is 26.5. The number of ketones is 1. The molecule has 0 amide bonds. The number of ether oxygens (including phenoxy) is 2. The van der Waals surface area contributed by atoms with E-state index in [2.05, 4.69) is 0 Å². The number of Topliss-reactive ketones (excluding diaryl/α,β-unsaturated/α-hetero) is 1. The topological polar surface area (TPSA) is 171 Å². The highest BCUT2D eigenvalue weighted by atomic mass is 16.6. The molecule has 0 fully saturated rings. The summed E-state index contributed by atoms with van der Waals surface area (Å²) in [5.74, 6) is -1.96. The van der Waals surface area contributed by atoms with Crippen molar-refractivity contribution >= 4 is 17.7 Å². The molecule has 0 heterocycles. The van der Waals surface area contributed by atoms with Crippen LogP contribution in [0.15, 0.2) is 83.1 Å². The molecule has 10 nitrogen and oxygen atoms in total. The first-order valence-electron chi connectivity index (χ1n) is 14.6. The molecule has 0 saturated carbocycles. The van der Waals surface area contributed by atoms with Crippen LogP contribution in [0.3, 0.4) is 0 Å². The van der Waals surface area contributed by atoms with E-state index in [1.165, 1.54) is 0 Å². The lowest BCUT2D eigenvalue weighted by Crippen LogP contribution is -2.47. The molecule has 5 N–H and O–H groups in total. The Morgan fingerprint density at radius 2 is 1.50 bits per heavy atom. The Morgan fingerprint density at radius 1 is 0.909 bits per heavy atom. The van der Waals surface area contributed by atoms with Gasteiger partial charge in [-0.05, 0) is 44.3 Å². The lowest BCUT2D eigenvalue weighted by Gasteiger charge is -2.36. The Bertz CT molecular complexity index is 1200. The fourth-order valence-corrected chi connectivity index (χ4v) is 4.39. The van der Waals surface area contributed by atoms with E-state index < -0.39 is 67.5 Å². The van der Waals surface area contributed by atoms with Crippen molar-refractivity contribution in [3.8, 4) is 0 Å². The van der Waals surface area contributed by atoms with Crippen LogP contribution in [0.2, 0.25) is 0 Å². The lowest BCUT2D eigenvalue weighted by atomic mass is 9.71. The second-order valence-corrected chi connectivity index (χ2v) is 11.4. The van der Waals surface area contributed by atoms with E-state index in [0.717, 1.165) is 16.7 Å². The maximum Gasteiger partial charge on any atom is 0.307 e. The van der Waals surface area contributed by atoms with E-state index in [4.69, 9.17) is 14.6 Å². The normalized spacial score (nSPS) is 21.0. The summed E-state index contributed by atoms with van der Waals surface area (Å²) in [7, 11) is 0. The molecule has 44 heavy (non-hydrogen) atoms. The van der Waals surface area contributed by atoms with Gasteiger partial charge in [-0.25, -0.2) is 0 Å². The summed E-state index contributed by atoms with van der Waals surface area (Å²) in [5, 5.41) is 47.4. The Morgan fingerprint density at radius 3 is 2.14 bits per heavy atom. The first kappa shape index (κ1) is 38.6. The zero-order valence-corrected chi connectivity index (χ0v) is 26.5. The number of rotatable bonds is 16. The Kier molecular flexibility index (Phi) is 16.7. The van der Waals surface area contributed by atoms with Crippen LogP contribution in [0.1, 0.15) is 60.8 Å². The molecular formula is C34H48O10. The average molecular weight is 617 g/mol. The summed E-state index contributed by atoms with van der Waals surface area (Å²) < 4.78 is 10.2. The molecule has 0 saturated heterocycles. The predicted octanol–water partition coefficient (Wildman–Crippen LogP) is 3.11. The fourth-order valence-electron chi connectivity index (χ4n) is 4.39. The zero-order chi connectivity index (χ0) is 33.4. The van der Waals surface area contributed by atoms with Crippen molar-refractivity contribution < 1.29 is 49.4 Å².